The second-order valence-corrected chi connectivity index (χ2v) is 15.2. The number of hydrogen-bond donors (Lipinski definition) is 1. The summed E-state index contributed by atoms with van der Waals surface area (Å²) in [4.78, 5) is 26.8. The van der Waals surface area contributed by atoms with Crippen molar-refractivity contribution in [3.05, 3.63) is 29.8 Å². The minimum atomic E-state index is -4.30. The van der Waals surface area contributed by atoms with E-state index in [2.05, 4.69) is 16.6 Å². The van der Waals surface area contributed by atoms with Gasteiger partial charge in [-0.15, -0.1) is 0 Å². The van der Waals surface area contributed by atoms with Crippen molar-refractivity contribution >= 4 is 22.1 Å². The molecule has 3 saturated heterocycles. The molecule has 1 amide bonds. The summed E-state index contributed by atoms with van der Waals surface area (Å²) >= 11 is 0. The van der Waals surface area contributed by atoms with Crippen LogP contribution in [0.15, 0.2) is 29.2 Å². The van der Waals surface area contributed by atoms with E-state index in [1.807, 2.05) is 4.72 Å². The molecule has 0 saturated carbocycles. The van der Waals surface area contributed by atoms with Gasteiger partial charge in [0, 0.05) is 26.2 Å². The molecule has 0 bridgehead atoms. The largest absolute Gasteiger partial charge is 0.469 e. The first-order valence-corrected chi connectivity index (χ1v) is 19.3. The van der Waals surface area contributed by atoms with Crippen molar-refractivity contribution in [1.29, 1.82) is 0 Å². The van der Waals surface area contributed by atoms with E-state index >= 15 is 0 Å². The third-order valence-corrected chi connectivity index (χ3v) is 10.4. The number of esters is 1. The van der Waals surface area contributed by atoms with Crippen molar-refractivity contribution < 1.29 is 51.2 Å². The van der Waals surface area contributed by atoms with Crippen LogP contribution in [0.1, 0.15) is 90.5 Å². The minimum absolute atomic E-state index is 0.0109. The normalized spacial score (nSPS) is 25.2. The lowest BCUT2D eigenvalue weighted by Gasteiger charge is -2.32. The van der Waals surface area contributed by atoms with E-state index in [0.717, 1.165) is 12.8 Å². The number of benzene rings is 1. The Bertz CT molecular complexity index is 1290. The summed E-state index contributed by atoms with van der Waals surface area (Å²) < 4.78 is 69.5. The quantitative estimate of drug-likeness (QED) is 0.148. The molecule has 13 nitrogen and oxygen atoms in total. The molecule has 1 aromatic carbocycles. The SMILES string of the molecule is CCCCCCCCCCCCOC[C@@]12O[C@@H](CN3CCOCC3)[C@@H](OC(=O)NS(=O)(=O)c3ccc(CC(=O)OC)cc3)[C@@H]1OC(C)(C)O2. The van der Waals surface area contributed by atoms with E-state index in [-0.39, 0.29) is 17.9 Å². The lowest BCUT2D eigenvalue weighted by molar-refractivity contribution is -0.279. The monoisotopic (exact) mass is 712 g/mol. The van der Waals surface area contributed by atoms with Gasteiger partial charge < -0.3 is 33.2 Å². The molecule has 1 N–H and O–H groups in total. The van der Waals surface area contributed by atoms with E-state index in [1.54, 1.807) is 13.8 Å². The third-order valence-electron chi connectivity index (χ3n) is 9.04. The maximum absolute atomic E-state index is 13.2. The molecule has 14 heteroatoms. The van der Waals surface area contributed by atoms with Gasteiger partial charge in [0.1, 0.15) is 12.7 Å². The lowest BCUT2D eigenvalue weighted by atomic mass is 10.0. The molecule has 0 radical (unpaired) electrons. The number of sulfonamides is 1. The van der Waals surface area contributed by atoms with E-state index in [4.69, 9.17) is 28.4 Å². The highest BCUT2D eigenvalue weighted by Gasteiger charge is 2.66. The smallest absolute Gasteiger partial charge is 0.421 e. The molecule has 3 heterocycles. The summed E-state index contributed by atoms with van der Waals surface area (Å²) in [6.45, 7) is 9.17. The second kappa shape index (κ2) is 18.8. The van der Waals surface area contributed by atoms with Gasteiger partial charge >= 0.3 is 12.1 Å². The van der Waals surface area contributed by atoms with Crippen LogP contribution in [-0.4, -0.2) is 108 Å². The summed E-state index contributed by atoms with van der Waals surface area (Å²) in [7, 11) is -3.02. The first kappa shape index (κ1) is 39.5. The molecule has 3 aliphatic rings. The van der Waals surface area contributed by atoms with Gasteiger partial charge in [0.2, 0.25) is 5.79 Å². The number of hydrogen-bond acceptors (Lipinski definition) is 12. The summed E-state index contributed by atoms with van der Waals surface area (Å²) in [5.74, 6) is -2.87. The van der Waals surface area contributed by atoms with Crippen LogP contribution in [0.25, 0.3) is 0 Å². The standard InChI is InChI=1S/C35H56N2O11S/c1-5-6-7-8-9-10-11-12-13-14-21-44-26-35-32(47-34(2,3)48-35)31(29(46-35)25-37-19-22-43-23-20-37)45-33(39)36-49(40,41)28-17-15-27(16-18-28)24-30(38)42-4/h15-18,29,31-32H,5-14,19-26H2,1-4H3,(H,36,39)/t29-,31+,32-,35-/m0/s1. The van der Waals surface area contributed by atoms with Crippen LogP contribution in [0.4, 0.5) is 4.79 Å². The third kappa shape index (κ3) is 11.9. The van der Waals surface area contributed by atoms with Gasteiger partial charge in [-0.1, -0.05) is 76.8 Å². The Morgan fingerprint density at radius 2 is 1.57 bits per heavy atom. The number of fused-ring (bicyclic) bond motifs is 1. The fourth-order valence-electron chi connectivity index (χ4n) is 6.53. The highest BCUT2D eigenvalue weighted by atomic mass is 32.2. The van der Waals surface area contributed by atoms with E-state index in [1.165, 1.54) is 82.7 Å². The number of methoxy groups -OCH3 is 1. The summed E-state index contributed by atoms with van der Waals surface area (Å²) in [5, 5.41) is 0. The van der Waals surface area contributed by atoms with Crippen LogP contribution in [0, 0.1) is 0 Å². The van der Waals surface area contributed by atoms with Gasteiger partial charge in [-0.3, -0.25) is 9.69 Å². The Morgan fingerprint density at radius 1 is 0.939 bits per heavy atom. The van der Waals surface area contributed by atoms with Crippen molar-refractivity contribution in [2.75, 3.05) is 53.2 Å². The van der Waals surface area contributed by atoms with Crippen molar-refractivity contribution in [3.8, 4) is 0 Å². The number of rotatable bonds is 20. The summed E-state index contributed by atoms with van der Waals surface area (Å²) in [6.07, 6.45) is 8.45. The van der Waals surface area contributed by atoms with Crippen molar-refractivity contribution in [3.63, 3.8) is 0 Å². The van der Waals surface area contributed by atoms with Crippen LogP contribution in [0.2, 0.25) is 0 Å². The molecule has 0 aromatic heterocycles. The fraction of sp³-hybridized carbons (Fsp3) is 0.771. The number of nitrogens with zero attached hydrogens (tertiary/aromatic N) is 1. The fourth-order valence-corrected chi connectivity index (χ4v) is 7.41. The molecule has 49 heavy (non-hydrogen) atoms. The molecule has 0 aliphatic carbocycles. The van der Waals surface area contributed by atoms with Gasteiger partial charge in [0.15, 0.2) is 18.0 Å². The molecule has 4 atom stereocenters. The number of amides is 1. The molecule has 3 fully saturated rings. The molecule has 278 valence electrons. The van der Waals surface area contributed by atoms with Gasteiger partial charge in [0.25, 0.3) is 10.0 Å². The van der Waals surface area contributed by atoms with Gasteiger partial charge in [0.05, 0.1) is 31.6 Å². The Hall–Kier alpha value is -2.33. The van der Waals surface area contributed by atoms with Crippen LogP contribution in [0.3, 0.4) is 0 Å². The number of carbonyl (C=O) groups is 2. The number of unbranched alkanes of at least 4 members (excludes halogenated alkanes) is 9. The number of nitrogens with one attached hydrogen (secondary N) is 1. The predicted molar refractivity (Wildman–Crippen MR) is 180 cm³/mol. The highest BCUT2D eigenvalue weighted by Crippen LogP contribution is 2.47. The zero-order chi connectivity index (χ0) is 35.3. The second-order valence-electron chi connectivity index (χ2n) is 13.5. The highest BCUT2D eigenvalue weighted by molar-refractivity contribution is 7.90. The first-order chi connectivity index (χ1) is 23.5. The van der Waals surface area contributed by atoms with Crippen LogP contribution in [0.5, 0.6) is 0 Å². The van der Waals surface area contributed by atoms with Gasteiger partial charge in [-0.2, -0.15) is 0 Å². The Kier molecular flexibility index (Phi) is 15.1. The maximum Gasteiger partial charge on any atom is 0.421 e. The minimum Gasteiger partial charge on any atom is -0.469 e. The Balaban J connectivity index is 1.36. The van der Waals surface area contributed by atoms with Crippen LogP contribution < -0.4 is 4.72 Å². The van der Waals surface area contributed by atoms with E-state index in [0.29, 0.717) is 45.0 Å². The lowest BCUT2D eigenvalue weighted by Crippen LogP contribution is -2.48. The molecule has 0 spiro atoms. The topological polar surface area (TPSA) is 148 Å². The molecule has 0 unspecified atom stereocenters. The number of carbonyl (C=O) groups excluding carboxylic acids is 2. The van der Waals surface area contributed by atoms with Gasteiger partial charge in [-0.05, 0) is 38.0 Å². The van der Waals surface area contributed by atoms with Crippen molar-refractivity contribution in [1.82, 2.24) is 9.62 Å². The van der Waals surface area contributed by atoms with Crippen molar-refractivity contribution in [2.24, 2.45) is 0 Å². The number of ether oxygens (including phenoxy) is 7. The van der Waals surface area contributed by atoms with Crippen LogP contribution in [-0.2, 0) is 54.4 Å². The summed E-state index contributed by atoms with van der Waals surface area (Å²) in [5.41, 5.74) is 0.565. The molecule has 3 aliphatic heterocycles. The van der Waals surface area contributed by atoms with Crippen LogP contribution >= 0.6 is 0 Å². The molecular formula is C35H56N2O11S. The zero-order valence-electron chi connectivity index (χ0n) is 29.6. The van der Waals surface area contributed by atoms with Gasteiger partial charge in [-0.25, -0.2) is 17.9 Å². The molecule has 4 rings (SSSR count). The predicted octanol–water partition coefficient (Wildman–Crippen LogP) is 4.70. The average Bonchev–Trinajstić information content (AvgIpc) is 3.47. The molecule has 1 aromatic rings. The maximum atomic E-state index is 13.2. The van der Waals surface area contributed by atoms with E-state index in [9.17, 15) is 18.0 Å². The Labute approximate surface area is 291 Å². The average molecular weight is 713 g/mol. The number of morpholine rings is 1. The van der Waals surface area contributed by atoms with E-state index < -0.39 is 52.0 Å². The zero-order valence-corrected chi connectivity index (χ0v) is 30.4. The Morgan fingerprint density at radius 3 is 2.20 bits per heavy atom. The van der Waals surface area contributed by atoms with Crippen molar-refractivity contribution in [2.45, 2.75) is 126 Å². The molecular weight excluding hydrogens is 656 g/mol. The first-order valence-electron chi connectivity index (χ1n) is 17.8. The summed E-state index contributed by atoms with van der Waals surface area (Å²) in [6, 6.07) is 5.58.